The van der Waals surface area contributed by atoms with Gasteiger partial charge in [0.25, 0.3) is 0 Å². The van der Waals surface area contributed by atoms with Crippen molar-refractivity contribution in [1.82, 2.24) is 4.90 Å². The highest BCUT2D eigenvalue weighted by atomic mass is 16.5. The minimum atomic E-state index is -0.542. The fraction of sp³-hybridized carbons (Fsp3) is 0.429. The van der Waals surface area contributed by atoms with Crippen LogP contribution >= 0.6 is 0 Å². The summed E-state index contributed by atoms with van der Waals surface area (Å²) in [4.78, 5) is 2.28. The van der Waals surface area contributed by atoms with Crippen molar-refractivity contribution in [1.29, 1.82) is 0 Å². The van der Waals surface area contributed by atoms with E-state index in [1.54, 1.807) is 14.2 Å². The molecule has 0 fully saturated rings. The normalized spacial score (nSPS) is 18.1. The lowest BCUT2D eigenvalue weighted by Gasteiger charge is -2.36. The Labute approximate surface area is 155 Å². The SMILES string of the molecule is COc1cc2c(cc1OC)C(C)N(CC(O)COc1ccccc1)CC2. The third-order valence-corrected chi connectivity index (χ3v) is 4.94. The summed E-state index contributed by atoms with van der Waals surface area (Å²) in [5.41, 5.74) is 2.51. The molecule has 2 aromatic rings. The third kappa shape index (κ3) is 4.11. The van der Waals surface area contributed by atoms with Gasteiger partial charge in [0.05, 0.1) is 14.2 Å². The van der Waals surface area contributed by atoms with E-state index < -0.39 is 6.10 Å². The molecule has 2 aromatic carbocycles. The molecule has 1 N–H and O–H groups in total. The Balaban J connectivity index is 1.64. The van der Waals surface area contributed by atoms with E-state index in [4.69, 9.17) is 14.2 Å². The highest BCUT2D eigenvalue weighted by Gasteiger charge is 2.27. The zero-order valence-corrected chi connectivity index (χ0v) is 15.6. The van der Waals surface area contributed by atoms with Crippen molar-refractivity contribution < 1.29 is 19.3 Å². The molecule has 5 nitrogen and oxygen atoms in total. The van der Waals surface area contributed by atoms with Gasteiger partial charge in [0.1, 0.15) is 18.5 Å². The van der Waals surface area contributed by atoms with Crippen LogP contribution in [-0.4, -0.2) is 50.0 Å². The van der Waals surface area contributed by atoms with Crippen LogP contribution in [0.4, 0.5) is 0 Å². The third-order valence-electron chi connectivity index (χ3n) is 4.94. The summed E-state index contributed by atoms with van der Waals surface area (Å²) in [6, 6.07) is 13.9. The van der Waals surface area contributed by atoms with Gasteiger partial charge in [-0.1, -0.05) is 18.2 Å². The van der Waals surface area contributed by atoms with Crippen LogP contribution in [0.5, 0.6) is 17.2 Å². The van der Waals surface area contributed by atoms with E-state index in [0.717, 1.165) is 30.2 Å². The first-order chi connectivity index (χ1) is 12.6. The summed E-state index contributed by atoms with van der Waals surface area (Å²) in [7, 11) is 3.31. The van der Waals surface area contributed by atoms with Crippen LogP contribution in [0.25, 0.3) is 0 Å². The molecule has 1 heterocycles. The van der Waals surface area contributed by atoms with Crippen LogP contribution in [0.1, 0.15) is 24.1 Å². The van der Waals surface area contributed by atoms with E-state index in [-0.39, 0.29) is 12.6 Å². The fourth-order valence-corrected chi connectivity index (χ4v) is 3.48. The molecular weight excluding hydrogens is 330 g/mol. The molecule has 0 spiro atoms. The van der Waals surface area contributed by atoms with E-state index in [2.05, 4.69) is 24.0 Å². The number of aliphatic hydroxyl groups excluding tert-OH is 1. The fourth-order valence-electron chi connectivity index (χ4n) is 3.48. The summed E-state index contributed by atoms with van der Waals surface area (Å²) >= 11 is 0. The molecule has 2 unspecified atom stereocenters. The Bertz CT molecular complexity index is 719. The van der Waals surface area contributed by atoms with E-state index >= 15 is 0 Å². The first-order valence-corrected chi connectivity index (χ1v) is 8.97. The molecule has 0 aromatic heterocycles. The van der Waals surface area contributed by atoms with E-state index in [1.807, 2.05) is 30.3 Å². The van der Waals surface area contributed by atoms with Crippen molar-refractivity contribution in [3.05, 3.63) is 53.6 Å². The van der Waals surface area contributed by atoms with Crippen LogP contribution in [0.2, 0.25) is 0 Å². The number of para-hydroxylation sites is 1. The summed E-state index contributed by atoms with van der Waals surface area (Å²) < 4.78 is 16.5. The first kappa shape index (κ1) is 18.5. The number of hydrogen-bond donors (Lipinski definition) is 1. The Kier molecular flexibility index (Phi) is 6.01. The number of rotatable bonds is 7. The minimum absolute atomic E-state index is 0.199. The monoisotopic (exact) mass is 357 g/mol. The zero-order valence-electron chi connectivity index (χ0n) is 15.6. The second-order valence-corrected chi connectivity index (χ2v) is 6.60. The van der Waals surface area contributed by atoms with E-state index in [0.29, 0.717) is 6.54 Å². The highest BCUT2D eigenvalue weighted by Crippen LogP contribution is 2.37. The topological polar surface area (TPSA) is 51.2 Å². The van der Waals surface area contributed by atoms with Crippen molar-refractivity contribution in [3.8, 4) is 17.2 Å². The largest absolute Gasteiger partial charge is 0.493 e. The van der Waals surface area contributed by atoms with Crippen LogP contribution in [-0.2, 0) is 6.42 Å². The summed E-state index contributed by atoms with van der Waals surface area (Å²) in [6.45, 7) is 3.91. The quantitative estimate of drug-likeness (QED) is 0.825. The van der Waals surface area contributed by atoms with Gasteiger partial charge in [-0.05, 0) is 48.7 Å². The number of β-amino-alcohol motifs (C(OH)–C–C–N with tert-alkyl or cyclic N) is 1. The van der Waals surface area contributed by atoms with Gasteiger partial charge in [-0.2, -0.15) is 0 Å². The standard InChI is InChI=1S/C21H27NO4/c1-15-19-12-21(25-3)20(24-2)11-16(19)9-10-22(15)13-17(23)14-26-18-7-5-4-6-8-18/h4-8,11-12,15,17,23H,9-10,13-14H2,1-3H3. The van der Waals surface area contributed by atoms with Gasteiger partial charge in [-0.3, -0.25) is 4.90 Å². The van der Waals surface area contributed by atoms with Gasteiger partial charge < -0.3 is 19.3 Å². The van der Waals surface area contributed by atoms with Gasteiger partial charge in [0, 0.05) is 19.1 Å². The molecule has 1 aliphatic rings. The molecule has 140 valence electrons. The van der Waals surface area contributed by atoms with Crippen LogP contribution < -0.4 is 14.2 Å². The number of benzene rings is 2. The first-order valence-electron chi connectivity index (χ1n) is 8.97. The summed E-state index contributed by atoms with van der Waals surface area (Å²) in [6.07, 6.45) is 0.381. The average molecular weight is 357 g/mol. The number of hydrogen-bond acceptors (Lipinski definition) is 5. The molecular formula is C21H27NO4. The smallest absolute Gasteiger partial charge is 0.161 e. The van der Waals surface area contributed by atoms with Crippen molar-refractivity contribution in [2.24, 2.45) is 0 Å². The van der Waals surface area contributed by atoms with Gasteiger partial charge in [0.2, 0.25) is 0 Å². The number of nitrogens with zero attached hydrogens (tertiary/aromatic N) is 1. The maximum atomic E-state index is 10.4. The molecule has 26 heavy (non-hydrogen) atoms. The van der Waals surface area contributed by atoms with Crippen LogP contribution in [0.3, 0.4) is 0 Å². The van der Waals surface area contributed by atoms with Crippen LogP contribution in [0, 0.1) is 0 Å². The number of methoxy groups -OCH3 is 2. The van der Waals surface area contributed by atoms with Gasteiger partial charge in [-0.15, -0.1) is 0 Å². The number of aliphatic hydroxyl groups is 1. The lowest BCUT2D eigenvalue weighted by atomic mass is 9.92. The molecule has 1 aliphatic heterocycles. The summed E-state index contributed by atoms with van der Waals surface area (Å²) in [5.74, 6) is 2.29. The van der Waals surface area contributed by atoms with Crippen molar-refractivity contribution in [2.45, 2.75) is 25.5 Å². The zero-order chi connectivity index (χ0) is 18.5. The molecule has 0 bridgehead atoms. The molecule has 0 aliphatic carbocycles. The molecule has 0 amide bonds. The molecule has 0 saturated heterocycles. The Morgan fingerprint density at radius 3 is 2.50 bits per heavy atom. The highest BCUT2D eigenvalue weighted by molar-refractivity contribution is 5.49. The Morgan fingerprint density at radius 2 is 1.81 bits per heavy atom. The van der Waals surface area contributed by atoms with Crippen molar-refractivity contribution >= 4 is 0 Å². The Hall–Kier alpha value is -2.24. The molecule has 3 rings (SSSR count). The lowest BCUT2D eigenvalue weighted by Crippen LogP contribution is -2.41. The number of ether oxygens (including phenoxy) is 3. The van der Waals surface area contributed by atoms with Crippen molar-refractivity contribution in [2.75, 3.05) is 33.9 Å². The van der Waals surface area contributed by atoms with E-state index in [9.17, 15) is 5.11 Å². The maximum Gasteiger partial charge on any atom is 0.161 e. The second-order valence-electron chi connectivity index (χ2n) is 6.60. The number of fused-ring (bicyclic) bond motifs is 1. The summed E-state index contributed by atoms with van der Waals surface area (Å²) in [5, 5.41) is 10.4. The van der Waals surface area contributed by atoms with Gasteiger partial charge >= 0.3 is 0 Å². The van der Waals surface area contributed by atoms with Crippen LogP contribution in [0.15, 0.2) is 42.5 Å². The predicted molar refractivity (Wildman–Crippen MR) is 101 cm³/mol. The average Bonchev–Trinajstić information content (AvgIpc) is 2.68. The molecule has 0 saturated carbocycles. The van der Waals surface area contributed by atoms with Gasteiger partial charge in [-0.25, -0.2) is 0 Å². The predicted octanol–water partition coefficient (Wildman–Crippen LogP) is 3.06. The molecule has 2 atom stereocenters. The second kappa shape index (κ2) is 8.43. The van der Waals surface area contributed by atoms with Crippen molar-refractivity contribution in [3.63, 3.8) is 0 Å². The lowest BCUT2D eigenvalue weighted by molar-refractivity contribution is 0.0517. The maximum absolute atomic E-state index is 10.4. The molecule has 0 radical (unpaired) electrons. The Morgan fingerprint density at radius 1 is 1.12 bits per heavy atom. The van der Waals surface area contributed by atoms with E-state index in [1.165, 1.54) is 11.1 Å². The molecule has 5 heteroatoms. The minimum Gasteiger partial charge on any atom is -0.493 e. The van der Waals surface area contributed by atoms with Gasteiger partial charge in [0.15, 0.2) is 11.5 Å².